The molecule has 0 spiro atoms. The number of benzene rings is 1. The van der Waals surface area contributed by atoms with E-state index >= 15 is 0 Å². The zero-order valence-electron chi connectivity index (χ0n) is 11.7. The van der Waals surface area contributed by atoms with Gasteiger partial charge in [-0.05, 0) is 30.0 Å². The van der Waals surface area contributed by atoms with Crippen LogP contribution in [0.15, 0.2) is 30.6 Å². The normalized spacial score (nSPS) is 10.6. The fourth-order valence-electron chi connectivity index (χ4n) is 2.08. The van der Waals surface area contributed by atoms with E-state index in [2.05, 4.69) is 11.9 Å². The third-order valence-electron chi connectivity index (χ3n) is 3.18. The van der Waals surface area contributed by atoms with Gasteiger partial charge in [0.15, 0.2) is 11.5 Å². The van der Waals surface area contributed by atoms with Gasteiger partial charge in [0.1, 0.15) is 0 Å². The highest BCUT2D eigenvalue weighted by atomic mass is 16.5. The second kappa shape index (κ2) is 6.98. The molecule has 0 fully saturated rings. The lowest BCUT2D eigenvalue weighted by molar-refractivity contribution is 0.285. The first-order valence-corrected chi connectivity index (χ1v) is 6.89. The van der Waals surface area contributed by atoms with Crippen LogP contribution in [0, 0.1) is 0 Å². The van der Waals surface area contributed by atoms with Crippen molar-refractivity contribution < 1.29 is 9.47 Å². The maximum atomic E-state index is 5.84. The van der Waals surface area contributed by atoms with E-state index in [0.717, 1.165) is 35.3 Å². The highest BCUT2D eigenvalue weighted by Crippen LogP contribution is 2.32. The molecule has 0 N–H and O–H groups in total. The minimum atomic E-state index is 0.743. The number of ether oxygens (including phenoxy) is 2. The van der Waals surface area contributed by atoms with Gasteiger partial charge in [0.05, 0.1) is 13.7 Å². The Morgan fingerprint density at radius 1 is 1.05 bits per heavy atom. The lowest BCUT2D eigenvalue weighted by atomic mass is 10.1. The summed E-state index contributed by atoms with van der Waals surface area (Å²) in [6, 6.07) is 5.98. The molecule has 2 rings (SSSR count). The molecule has 0 bridgehead atoms. The van der Waals surface area contributed by atoms with Crippen LogP contribution in [0.5, 0.6) is 11.5 Å². The summed E-state index contributed by atoms with van der Waals surface area (Å²) >= 11 is 0. The molecule has 19 heavy (non-hydrogen) atoms. The van der Waals surface area contributed by atoms with E-state index in [-0.39, 0.29) is 0 Å². The molecule has 3 nitrogen and oxygen atoms in total. The molecule has 1 heterocycles. The third-order valence-corrected chi connectivity index (χ3v) is 3.18. The van der Waals surface area contributed by atoms with Crippen LogP contribution < -0.4 is 9.47 Å². The molecular weight excluding hydrogens is 238 g/mol. The first-order valence-electron chi connectivity index (χ1n) is 6.89. The van der Waals surface area contributed by atoms with Crippen molar-refractivity contribution >= 4 is 10.8 Å². The van der Waals surface area contributed by atoms with Crippen LogP contribution in [-0.4, -0.2) is 18.7 Å². The van der Waals surface area contributed by atoms with Crippen LogP contribution in [0.2, 0.25) is 0 Å². The minimum absolute atomic E-state index is 0.743. The Balaban J connectivity index is 2.08. The summed E-state index contributed by atoms with van der Waals surface area (Å²) < 4.78 is 11.2. The Morgan fingerprint density at radius 2 is 1.89 bits per heavy atom. The SMILES string of the molecule is CCCCCCOc1cc2ccncc2cc1OC. The predicted molar refractivity (Wildman–Crippen MR) is 77.9 cm³/mol. The molecule has 3 heteroatoms. The average Bonchev–Trinajstić information content (AvgIpc) is 2.46. The fourth-order valence-corrected chi connectivity index (χ4v) is 2.08. The Morgan fingerprint density at radius 3 is 2.68 bits per heavy atom. The van der Waals surface area contributed by atoms with Crippen LogP contribution in [-0.2, 0) is 0 Å². The summed E-state index contributed by atoms with van der Waals surface area (Å²) in [4.78, 5) is 4.12. The van der Waals surface area contributed by atoms with E-state index in [9.17, 15) is 0 Å². The van der Waals surface area contributed by atoms with Crippen molar-refractivity contribution in [2.45, 2.75) is 32.6 Å². The molecule has 1 aromatic carbocycles. The molecule has 2 aromatic rings. The monoisotopic (exact) mass is 259 g/mol. The van der Waals surface area contributed by atoms with Gasteiger partial charge in [0, 0.05) is 17.8 Å². The van der Waals surface area contributed by atoms with Crippen LogP contribution in [0.3, 0.4) is 0 Å². The van der Waals surface area contributed by atoms with Crippen molar-refractivity contribution in [2.75, 3.05) is 13.7 Å². The van der Waals surface area contributed by atoms with E-state index < -0.39 is 0 Å². The summed E-state index contributed by atoms with van der Waals surface area (Å²) in [6.07, 6.45) is 8.45. The number of pyridine rings is 1. The fraction of sp³-hybridized carbons (Fsp3) is 0.438. The predicted octanol–water partition coefficient (Wildman–Crippen LogP) is 4.20. The number of aromatic nitrogens is 1. The third kappa shape index (κ3) is 3.60. The van der Waals surface area contributed by atoms with Gasteiger partial charge in [-0.2, -0.15) is 0 Å². The number of nitrogens with zero attached hydrogens (tertiary/aromatic N) is 1. The summed E-state index contributed by atoms with van der Waals surface area (Å²) in [5.41, 5.74) is 0. The Hall–Kier alpha value is -1.77. The van der Waals surface area contributed by atoms with Crippen molar-refractivity contribution in [1.82, 2.24) is 4.98 Å². The molecule has 0 aliphatic heterocycles. The van der Waals surface area contributed by atoms with Gasteiger partial charge in [-0.25, -0.2) is 0 Å². The summed E-state index contributed by atoms with van der Waals surface area (Å²) in [7, 11) is 1.67. The van der Waals surface area contributed by atoms with Gasteiger partial charge in [-0.1, -0.05) is 26.2 Å². The number of rotatable bonds is 7. The summed E-state index contributed by atoms with van der Waals surface area (Å²) in [5.74, 6) is 1.59. The molecule has 0 unspecified atom stereocenters. The van der Waals surface area contributed by atoms with E-state index in [1.54, 1.807) is 13.3 Å². The molecule has 0 atom stereocenters. The number of fused-ring (bicyclic) bond motifs is 1. The maximum Gasteiger partial charge on any atom is 0.161 e. The Kier molecular flexibility index (Phi) is 5.01. The Bertz CT molecular complexity index is 525. The van der Waals surface area contributed by atoms with Crippen LogP contribution >= 0.6 is 0 Å². The van der Waals surface area contributed by atoms with Crippen LogP contribution in [0.25, 0.3) is 10.8 Å². The van der Waals surface area contributed by atoms with Crippen LogP contribution in [0.4, 0.5) is 0 Å². The number of hydrogen-bond donors (Lipinski definition) is 0. The van der Waals surface area contributed by atoms with E-state index in [0.29, 0.717) is 0 Å². The number of methoxy groups -OCH3 is 1. The molecule has 0 aliphatic carbocycles. The average molecular weight is 259 g/mol. The lowest BCUT2D eigenvalue weighted by Crippen LogP contribution is -1.99. The second-order valence-corrected chi connectivity index (χ2v) is 4.64. The van der Waals surface area contributed by atoms with Crippen molar-refractivity contribution in [3.8, 4) is 11.5 Å². The largest absolute Gasteiger partial charge is 0.493 e. The smallest absolute Gasteiger partial charge is 0.161 e. The lowest BCUT2D eigenvalue weighted by Gasteiger charge is -2.11. The molecule has 0 radical (unpaired) electrons. The zero-order chi connectivity index (χ0) is 13.5. The maximum absolute atomic E-state index is 5.84. The van der Waals surface area contributed by atoms with E-state index in [4.69, 9.17) is 9.47 Å². The Labute approximate surface area is 114 Å². The topological polar surface area (TPSA) is 31.4 Å². The molecule has 0 saturated heterocycles. The molecule has 0 aliphatic rings. The van der Waals surface area contributed by atoms with Gasteiger partial charge in [-0.15, -0.1) is 0 Å². The summed E-state index contributed by atoms with van der Waals surface area (Å²) in [6.45, 7) is 2.95. The van der Waals surface area contributed by atoms with Crippen molar-refractivity contribution in [2.24, 2.45) is 0 Å². The highest BCUT2D eigenvalue weighted by Gasteiger charge is 2.06. The first kappa shape index (κ1) is 13.7. The van der Waals surface area contributed by atoms with Crippen LogP contribution in [0.1, 0.15) is 32.6 Å². The van der Waals surface area contributed by atoms with Gasteiger partial charge < -0.3 is 9.47 Å². The molecule has 1 aromatic heterocycles. The number of hydrogen-bond acceptors (Lipinski definition) is 3. The van der Waals surface area contributed by atoms with Crippen molar-refractivity contribution in [3.63, 3.8) is 0 Å². The van der Waals surface area contributed by atoms with Gasteiger partial charge in [0.2, 0.25) is 0 Å². The van der Waals surface area contributed by atoms with E-state index in [1.807, 2.05) is 24.4 Å². The quantitative estimate of drug-likeness (QED) is 0.698. The van der Waals surface area contributed by atoms with Gasteiger partial charge in [0.25, 0.3) is 0 Å². The first-order chi connectivity index (χ1) is 9.35. The molecule has 0 amide bonds. The molecule has 0 saturated carbocycles. The second-order valence-electron chi connectivity index (χ2n) is 4.64. The standard InChI is InChI=1S/C16H21NO2/c1-3-4-5-6-9-19-16-10-13-7-8-17-12-14(13)11-15(16)18-2/h7-8,10-12H,3-6,9H2,1-2H3. The van der Waals surface area contributed by atoms with Crippen molar-refractivity contribution in [1.29, 1.82) is 0 Å². The number of unbranched alkanes of at least 4 members (excludes halogenated alkanes) is 3. The van der Waals surface area contributed by atoms with Gasteiger partial charge in [-0.3, -0.25) is 4.98 Å². The van der Waals surface area contributed by atoms with E-state index in [1.165, 1.54) is 19.3 Å². The summed E-state index contributed by atoms with van der Waals surface area (Å²) in [5, 5.41) is 2.19. The minimum Gasteiger partial charge on any atom is -0.493 e. The molecular formula is C16H21NO2. The van der Waals surface area contributed by atoms with Gasteiger partial charge >= 0.3 is 0 Å². The zero-order valence-corrected chi connectivity index (χ0v) is 11.7. The van der Waals surface area contributed by atoms with Crippen molar-refractivity contribution in [3.05, 3.63) is 30.6 Å². The highest BCUT2D eigenvalue weighted by molar-refractivity contribution is 5.85. The molecule has 102 valence electrons.